The van der Waals surface area contributed by atoms with Crippen LogP contribution in [0.15, 0.2) is 53.6 Å². The largest absolute Gasteiger partial charge is 0.366 e. The second-order valence-corrected chi connectivity index (χ2v) is 9.20. The lowest BCUT2D eigenvalue weighted by atomic mass is 9.97. The van der Waals surface area contributed by atoms with Gasteiger partial charge < -0.3 is 14.8 Å². The van der Waals surface area contributed by atoms with Gasteiger partial charge in [-0.3, -0.25) is 9.55 Å². The van der Waals surface area contributed by atoms with Gasteiger partial charge in [0.25, 0.3) is 0 Å². The number of pyridine rings is 1. The first kappa shape index (κ1) is 20.4. The zero-order valence-corrected chi connectivity index (χ0v) is 18.6. The molecule has 0 saturated carbocycles. The Kier molecular flexibility index (Phi) is 5.87. The molecule has 6 nitrogen and oxygen atoms in total. The summed E-state index contributed by atoms with van der Waals surface area (Å²) in [6.07, 6.45) is 8.87. The average Bonchev–Trinajstić information content (AvgIpc) is 3.15. The van der Waals surface area contributed by atoms with E-state index in [2.05, 4.69) is 19.8 Å². The van der Waals surface area contributed by atoms with E-state index in [0.717, 1.165) is 74.3 Å². The summed E-state index contributed by atoms with van der Waals surface area (Å²) in [5.74, 6) is 0. The van der Waals surface area contributed by atoms with Gasteiger partial charge in [-0.25, -0.2) is 4.79 Å². The molecule has 2 saturated heterocycles. The molecule has 0 spiro atoms. The minimum absolute atomic E-state index is 0.0238. The molecule has 0 amide bonds. The van der Waals surface area contributed by atoms with Crippen LogP contribution in [0.2, 0.25) is 0 Å². The third-order valence-electron chi connectivity index (χ3n) is 6.93. The standard InChI is InChI=1S/C24H29N5OS/c30-24-26-21-3-1-2-4-22(21)29(24)20-9-13-27(14-10-20)19-7-15-28(16-8-19)23(31)17-18-5-11-25-12-6-18/h1-6,11-12,19-20H,7-10,13-17H2,(H,26,30). The molecule has 5 rings (SSSR count). The first-order valence-corrected chi connectivity index (χ1v) is 11.7. The number of nitrogens with one attached hydrogen (secondary N) is 1. The van der Waals surface area contributed by atoms with Gasteiger partial charge in [0, 0.05) is 57.1 Å². The summed E-state index contributed by atoms with van der Waals surface area (Å²) in [6, 6.07) is 13.0. The molecule has 4 heterocycles. The van der Waals surface area contributed by atoms with E-state index in [1.54, 1.807) is 0 Å². The van der Waals surface area contributed by atoms with Crippen molar-refractivity contribution in [2.24, 2.45) is 0 Å². The maximum Gasteiger partial charge on any atom is 0.326 e. The van der Waals surface area contributed by atoms with E-state index in [-0.39, 0.29) is 11.7 Å². The highest BCUT2D eigenvalue weighted by Crippen LogP contribution is 2.28. The first-order chi connectivity index (χ1) is 15.2. The molecule has 2 fully saturated rings. The van der Waals surface area contributed by atoms with Gasteiger partial charge in [-0.05, 0) is 55.5 Å². The van der Waals surface area contributed by atoms with Crippen molar-refractivity contribution in [2.75, 3.05) is 26.2 Å². The maximum atomic E-state index is 12.5. The fourth-order valence-electron chi connectivity index (χ4n) is 5.21. The van der Waals surface area contributed by atoms with E-state index in [4.69, 9.17) is 12.2 Å². The summed E-state index contributed by atoms with van der Waals surface area (Å²) >= 11 is 5.72. The van der Waals surface area contributed by atoms with Crippen molar-refractivity contribution in [3.05, 3.63) is 64.8 Å². The fraction of sp³-hybridized carbons (Fsp3) is 0.458. The predicted molar refractivity (Wildman–Crippen MR) is 128 cm³/mol. The number of fused-ring (bicyclic) bond motifs is 1. The van der Waals surface area contributed by atoms with Gasteiger partial charge >= 0.3 is 5.69 Å². The normalized spacial score (nSPS) is 19.2. The molecule has 0 atom stereocenters. The Labute approximate surface area is 187 Å². The molecular formula is C24H29N5OS. The van der Waals surface area contributed by atoms with Crippen molar-refractivity contribution in [1.82, 2.24) is 24.3 Å². The average molecular weight is 436 g/mol. The monoisotopic (exact) mass is 435 g/mol. The van der Waals surface area contributed by atoms with Gasteiger partial charge in [-0.2, -0.15) is 0 Å². The summed E-state index contributed by atoms with van der Waals surface area (Å²) in [5.41, 5.74) is 3.22. The molecule has 2 aliphatic heterocycles. The molecular weight excluding hydrogens is 406 g/mol. The molecule has 0 unspecified atom stereocenters. The Balaban J connectivity index is 1.15. The number of likely N-dealkylation sites (tertiary alicyclic amines) is 2. The van der Waals surface area contributed by atoms with E-state index < -0.39 is 0 Å². The van der Waals surface area contributed by atoms with Crippen LogP contribution in [0.1, 0.15) is 37.3 Å². The quantitative estimate of drug-likeness (QED) is 0.637. The summed E-state index contributed by atoms with van der Waals surface area (Å²) in [6.45, 7) is 4.19. The van der Waals surface area contributed by atoms with Crippen LogP contribution in [0, 0.1) is 0 Å². The number of hydrogen-bond acceptors (Lipinski definition) is 4. The van der Waals surface area contributed by atoms with E-state index in [9.17, 15) is 4.79 Å². The Morgan fingerprint density at radius 2 is 1.65 bits per heavy atom. The number of aromatic nitrogens is 3. The van der Waals surface area contributed by atoms with Crippen LogP contribution in [-0.4, -0.2) is 61.5 Å². The minimum Gasteiger partial charge on any atom is -0.366 e. The van der Waals surface area contributed by atoms with Gasteiger partial charge in [-0.15, -0.1) is 0 Å². The number of benzene rings is 1. The van der Waals surface area contributed by atoms with Crippen molar-refractivity contribution in [3.8, 4) is 0 Å². The van der Waals surface area contributed by atoms with E-state index in [1.807, 2.05) is 53.4 Å². The number of nitrogens with zero attached hydrogens (tertiary/aromatic N) is 4. The van der Waals surface area contributed by atoms with Crippen molar-refractivity contribution >= 4 is 28.2 Å². The van der Waals surface area contributed by atoms with Crippen LogP contribution in [0.25, 0.3) is 11.0 Å². The van der Waals surface area contributed by atoms with E-state index in [1.165, 1.54) is 5.56 Å². The number of H-pyrrole nitrogens is 1. The molecule has 2 aliphatic rings. The number of thiocarbonyl (C=S) groups is 1. The lowest BCUT2D eigenvalue weighted by molar-refractivity contribution is 0.0971. The molecule has 0 aliphatic carbocycles. The number of aromatic amines is 1. The first-order valence-electron chi connectivity index (χ1n) is 11.3. The van der Waals surface area contributed by atoms with Gasteiger partial charge in [-0.1, -0.05) is 24.4 Å². The highest BCUT2D eigenvalue weighted by molar-refractivity contribution is 7.80. The third kappa shape index (κ3) is 4.29. The van der Waals surface area contributed by atoms with Crippen LogP contribution in [0.5, 0.6) is 0 Å². The second-order valence-electron chi connectivity index (χ2n) is 8.73. The van der Waals surface area contributed by atoms with Crippen LogP contribution >= 0.6 is 12.2 Å². The fourth-order valence-corrected chi connectivity index (χ4v) is 5.56. The second kappa shape index (κ2) is 8.93. The molecule has 0 bridgehead atoms. The third-order valence-corrected chi connectivity index (χ3v) is 7.33. The lowest BCUT2D eigenvalue weighted by Crippen LogP contribution is -2.49. The Morgan fingerprint density at radius 1 is 0.968 bits per heavy atom. The summed E-state index contributed by atoms with van der Waals surface area (Å²) < 4.78 is 1.98. The van der Waals surface area contributed by atoms with Gasteiger partial charge in [0.15, 0.2) is 0 Å². The van der Waals surface area contributed by atoms with Crippen molar-refractivity contribution in [3.63, 3.8) is 0 Å². The molecule has 1 aromatic carbocycles. The molecule has 162 valence electrons. The van der Waals surface area contributed by atoms with E-state index >= 15 is 0 Å². The van der Waals surface area contributed by atoms with Gasteiger partial charge in [0.2, 0.25) is 0 Å². The molecule has 2 aromatic heterocycles. The molecule has 1 N–H and O–H groups in total. The van der Waals surface area contributed by atoms with Crippen LogP contribution in [0.3, 0.4) is 0 Å². The summed E-state index contributed by atoms with van der Waals surface area (Å²) in [7, 11) is 0. The van der Waals surface area contributed by atoms with E-state index in [0.29, 0.717) is 6.04 Å². The number of piperidine rings is 2. The number of hydrogen-bond donors (Lipinski definition) is 1. The molecule has 31 heavy (non-hydrogen) atoms. The Morgan fingerprint density at radius 3 is 2.39 bits per heavy atom. The number of imidazole rings is 1. The number of para-hydroxylation sites is 2. The van der Waals surface area contributed by atoms with Crippen LogP contribution in [0.4, 0.5) is 0 Å². The maximum absolute atomic E-state index is 12.5. The zero-order chi connectivity index (χ0) is 21.2. The van der Waals surface area contributed by atoms with Gasteiger partial charge in [0.05, 0.1) is 16.0 Å². The molecule has 0 radical (unpaired) electrons. The highest BCUT2D eigenvalue weighted by atomic mass is 32.1. The SMILES string of the molecule is O=c1[nH]c2ccccc2n1C1CCN(C2CCN(C(=S)Cc3ccncc3)CC2)CC1. The molecule has 7 heteroatoms. The van der Waals surface area contributed by atoms with Crippen molar-refractivity contribution < 1.29 is 0 Å². The summed E-state index contributed by atoms with van der Waals surface area (Å²) in [4.78, 5) is 25.7. The van der Waals surface area contributed by atoms with Crippen molar-refractivity contribution in [1.29, 1.82) is 0 Å². The Bertz CT molecular complexity index is 1090. The highest BCUT2D eigenvalue weighted by Gasteiger charge is 2.30. The Hall–Kier alpha value is -2.51. The minimum atomic E-state index is 0.0238. The zero-order valence-electron chi connectivity index (χ0n) is 17.7. The number of rotatable bonds is 4. The summed E-state index contributed by atoms with van der Waals surface area (Å²) in [5, 5.41) is 0. The predicted octanol–water partition coefficient (Wildman–Crippen LogP) is 3.40. The van der Waals surface area contributed by atoms with Gasteiger partial charge in [0.1, 0.15) is 0 Å². The van der Waals surface area contributed by atoms with Crippen molar-refractivity contribution in [2.45, 2.75) is 44.2 Å². The van der Waals surface area contributed by atoms with Crippen LogP contribution < -0.4 is 5.69 Å². The molecule has 3 aromatic rings. The lowest BCUT2D eigenvalue weighted by Gasteiger charge is -2.42. The topological polar surface area (TPSA) is 57.2 Å². The smallest absolute Gasteiger partial charge is 0.326 e. The van der Waals surface area contributed by atoms with Crippen LogP contribution in [-0.2, 0) is 6.42 Å².